The first-order valence-corrected chi connectivity index (χ1v) is 49.5. The van der Waals surface area contributed by atoms with Gasteiger partial charge in [0.15, 0.2) is 12.4 Å². The summed E-state index contributed by atoms with van der Waals surface area (Å²) in [5, 5.41) is 29.8. The van der Waals surface area contributed by atoms with E-state index in [0.29, 0.717) is 26.0 Å². The van der Waals surface area contributed by atoms with E-state index < -0.39 is 54.5 Å². The Morgan fingerprint density at radius 1 is 0.435 bits per heavy atom. The van der Waals surface area contributed by atoms with Gasteiger partial charge >= 0.3 is 36.0 Å². The molecule has 818 valence electrons. The maximum absolute atomic E-state index is 11.7. The summed E-state index contributed by atoms with van der Waals surface area (Å²) in [6, 6.07) is 0.265. The molecule has 0 heterocycles. The van der Waals surface area contributed by atoms with Crippen molar-refractivity contribution in [3.63, 3.8) is 0 Å². The molecule has 0 radical (unpaired) electrons. The van der Waals surface area contributed by atoms with Crippen molar-refractivity contribution in [2.45, 2.75) is 389 Å². The highest BCUT2D eigenvalue weighted by Crippen LogP contribution is 2.28. The SMILES string of the molecule is CCC(C)(C)C(=O)N(C)C.CCC(C)(C)C(=O)NCC(=O)CCC(=O)NCC(=O)O.CCC(C)(C)C(=O)NCCCN(C)C.CCC(C)(C)C(=O)NCOC.CCC(C)(C)C(=O)OC1CCCCC1.CCC(C)(C)C(N)=O.CCC(C)C(=O)N(C)C.CCC(C)C(=O)N(CC)CC.CCC(C)C(=O)NC(C)C.CCC(C)C(=O)OCC(F)(F)F.CCC(C)C(=O)OCCC(=O)O.CCC(C)C(N)=O. The average molecular weight is 1990 g/mol. The fraction of sp³-hybridized carbons (Fsp3) is 0.843. The number of methoxy groups -OCH3 is 1. The average Bonchev–Trinajstić information content (AvgIpc) is 0.826. The smallest absolute Gasteiger partial charge is 0.422 e. The predicted molar refractivity (Wildman–Crippen MR) is 545 cm³/mol. The number of ether oxygens (including phenoxy) is 4. The number of carbonyl (C=O) groups is 16. The van der Waals surface area contributed by atoms with E-state index >= 15 is 0 Å². The van der Waals surface area contributed by atoms with Crippen LogP contribution in [0.1, 0.15) is 370 Å². The third kappa shape index (κ3) is 88.8. The molecular weight excluding hydrogens is 1790 g/mol. The lowest BCUT2D eigenvalue weighted by molar-refractivity contribution is -0.188. The second-order valence-electron chi connectivity index (χ2n) is 39.1. The molecule has 33 nitrogen and oxygen atoms in total. The number of carbonyl (C=O) groups excluding carboxylic acids is 14. The largest absolute Gasteiger partial charge is 0.481 e. The van der Waals surface area contributed by atoms with Gasteiger partial charge in [-0.15, -0.1) is 0 Å². The van der Waals surface area contributed by atoms with E-state index in [1.54, 1.807) is 72.8 Å². The summed E-state index contributed by atoms with van der Waals surface area (Å²) in [5.41, 5.74) is 8.10. The third-order valence-electron chi connectivity index (χ3n) is 23.3. The first-order chi connectivity index (χ1) is 63.1. The second kappa shape index (κ2) is 85.2. The Morgan fingerprint density at radius 2 is 0.826 bits per heavy atom. The van der Waals surface area contributed by atoms with Gasteiger partial charge in [0.2, 0.25) is 59.1 Å². The highest BCUT2D eigenvalue weighted by atomic mass is 19.4. The summed E-state index contributed by atoms with van der Waals surface area (Å²) in [6.07, 6.45) is 12.1. The molecule has 0 aromatic rings. The zero-order valence-electron chi connectivity index (χ0n) is 94.0. The number of carboxylic acid groups (broad SMARTS) is 2. The van der Waals surface area contributed by atoms with E-state index in [0.717, 1.165) is 103 Å². The number of nitrogens with two attached hydrogens (primary N) is 2. The number of aliphatic carboxylic acids is 2. The molecule has 0 aromatic heterocycles. The van der Waals surface area contributed by atoms with E-state index in [2.05, 4.69) is 41.0 Å². The van der Waals surface area contributed by atoms with Gasteiger partial charge in [0.05, 0.1) is 30.2 Å². The molecule has 0 aromatic carbocycles. The Kier molecular flexibility index (Phi) is 94.0. The van der Waals surface area contributed by atoms with Crippen molar-refractivity contribution in [2.24, 2.45) is 79.5 Å². The molecule has 36 heteroatoms. The lowest BCUT2D eigenvalue weighted by atomic mass is 9.89. The number of nitrogens with zero attached hydrogens (tertiary/aromatic N) is 4. The fourth-order valence-electron chi connectivity index (χ4n) is 8.75. The van der Waals surface area contributed by atoms with Crippen LogP contribution < -0.4 is 38.1 Å². The molecule has 10 amide bonds. The molecule has 0 aliphatic heterocycles. The van der Waals surface area contributed by atoms with Gasteiger partial charge in [-0.1, -0.05) is 200 Å². The van der Waals surface area contributed by atoms with Gasteiger partial charge in [0, 0.05) is 125 Å². The number of alkyl halides is 3. The molecule has 0 saturated heterocycles. The minimum Gasteiger partial charge on any atom is -0.481 e. The number of nitrogens with one attached hydrogen (secondary N) is 5. The first kappa shape index (κ1) is 152. The number of carboxylic acids is 2. The number of hydrogen-bond donors (Lipinski definition) is 9. The zero-order chi connectivity index (χ0) is 111. The maximum atomic E-state index is 11.7. The van der Waals surface area contributed by atoms with Crippen LogP contribution in [0.3, 0.4) is 0 Å². The van der Waals surface area contributed by atoms with Crippen molar-refractivity contribution >= 4 is 94.7 Å². The van der Waals surface area contributed by atoms with Crippen LogP contribution in [0.5, 0.6) is 0 Å². The van der Waals surface area contributed by atoms with Crippen molar-refractivity contribution in [3.05, 3.63) is 0 Å². The van der Waals surface area contributed by atoms with Gasteiger partial charge in [0.1, 0.15) is 26.0 Å². The molecule has 11 N–H and O–H groups in total. The number of rotatable bonds is 45. The van der Waals surface area contributed by atoms with Crippen LogP contribution in [0, 0.1) is 68.0 Å². The van der Waals surface area contributed by atoms with Gasteiger partial charge in [0.25, 0.3) is 0 Å². The number of hydrogen-bond acceptors (Lipinski definition) is 21. The van der Waals surface area contributed by atoms with Crippen LogP contribution in [0.2, 0.25) is 0 Å². The standard InChI is InChI=1S/C13H22N2O5.C12H22O2.C11H24N2O.C9H19NO.C8H17NO2.2C8H17NO.C8H14O4.C7H11F3O2.C7H15NO.C6H13NO.C5H11NO/c1-4-13(2,3)12(20)15-7-9(16)5-6-10(17)14-8-11(18)19;1-4-12(2,3)11(13)14-10-8-6-5-7-9-10;1-6-11(2,3)10(14)12-8-7-9-13(4)5;1-5-8(4)9(11)10(6-2)7-3;1-5-8(2,3)7(10)9-6-11-4;1-6-8(2,3)7(10)9(4)5;1-5-7(4)8(10)9-6(2)3;1-3-6(2)8(11)12-5-4-7(9)10;1-3-5(2)6(11)12-4-7(8,9)10;1-5-6(2)7(9)8(3)4;1-4-6(2,3)5(7)8;1-3-4(2)5(6)7/h4-8H2,1-3H3,(H,14,17)(H,15,20)(H,18,19);10H,4-9H2,1-3H3;6-9H2,1-5H3,(H,12,14);8H,5-7H2,1-4H3;5-6H2,1-4H3,(H,9,10);6H2,1-5H3;6-7H,5H2,1-4H3,(H,9,10);6H,3-5H2,1-2H3,(H,9,10);5H,3-4H2,1-2H3;6H,5H2,1-4H3;4H2,1-3H3,(H2,7,8);4H,3H2,1-2H3,(H2,6,7). The lowest BCUT2D eigenvalue weighted by Crippen LogP contribution is -2.39. The van der Waals surface area contributed by atoms with E-state index in [-0.39, 0.29) is 172 Å². The van der Waals surface area contributed by atoms with Crippen LogP contribution >= 0.6 is 0 Å². The Hall–Kier alpha value is -8.57. The van der Waals surface area contributed by atoms with Gasteiger partial charge in [-0.2, -0.15) is 13.2 Å². The molecule has 1 aliphatic carbocycles. The third-order valence-corrected chi connectivity index (χ3v) is 23.3. The van der Waals surface area contributed by atoms with Crippen LogP contribution in [-0.4, -0.2) is 251 Å². The van der Waals surface area contributed by atoms with E-state index in [4.69, 9.17) is 31.2 Å². The highest BCUT2D eigenvalue weighted by molar-refractivity contribution is 5.91. The van der Waals surface area contributed by atoms with E-state index in [1.807, 2.05) is 220 Å². The normalized spacial score (nSPS) is 12.9. The molecule has 1 fully saturated rings. The topological polar surface area (TPSA) is 476 Å². The zero-order valence-corrected chi connectivity index (χ0v) is 94.0. The maximum Gasteiger partial charge on any atom is 0.422 e. The van der Waals surface area contributed by atoms with Crippen molar-refractivity contribution < 1.29 is 119 Å². The monoisotopic (exact) mass is 1990 g/mol. The number of halogens is 3. The van der Waals surface area contributed by atoms with Crippen molar-refractivity contribution in [3.8, 4) is 0 Å². The van der Waals surface area contributed by atoms with Gasteiger partial charge in [-0.25, -0.2) is 0 Å². The number of Topliss-reactive ketones (excluding diaryl/α,β-unsaturated/α-hetero) is 1. The lowest BCUT2D eigenvalue weighted by Gasteiger charge is -2.27. The highest BCUT2D eigenvalue weighted by Gasteiger charge is 2.33. The van der Waals surface area contributed by atoms with Gasteiger partial charge < -0.3 is 86.8 Å². The van der Waals surface area contributed by atoms with Crippen LogP contribution in [0.4, 0.5) is 13.2 Å². The molecule has 1 aliphatic rings. The summed E-state index contributed by atoms with van der Waals surface area (Å²) < 4.78 is 53.4. The summed E-state index contributed by atoms with van der Waals surface area (Å²) in [5.74, 6) is -3.58. The molecule has 1 saturated carbocycles. The molecule has 6 unspecified atom stereocenters. The van der Waals surface area contributed by atoms with Crippen LogP contribution in [0.25, 0.3) is 0 Å². The minimum atomic E-state index is -4.43. The molecule has 138 heavy (non-hydrogen) atoms. The van der Waals surface area contributed by atoms with Crippen molar-refractivity contribution in [1.29, 1.82) is 0 Å². The molecule has 0 bridgehead atoms. The predicted octanol–water partition coefficient (Wildman–Crippen LogP) is 16.7. The fourth-order valence-corrected chi connectivity index (χ4v) is 8.75. The van der Waals surface area contributed by atoms with E-state index in [9.17, 15) is 89.9 Å². The van der Waals surface area contributed by atoms with Crippen LogP contribution in [-0.2, 0) is 95.7 Å². The molecule has 1 rings (SSSR count). The Labute approximate surface area is 832 Å². The summed E-state index contributed by atoms with van der Waals surface area (Å²) in [4.78, 5) is 184. The summed E-state index contributed by atoms with van der Waals surface area (Å²) in [7, 11) is 12.8. The van der Waals surface area contributed by atoms with Crippen molar-refractivity contribution in [1.82, 2.24) is 46.2 Å². The second-order valence-corrected chi connectivity index (χ2v) is 39.1. The van der Waals surface area contributed by atoms with E-state index in [1.165, 1.54) is 26.2 Å². The molecule has 0 spiro atoms. The summed E-state index contributed by atoms with van der Waals surface area (Å²) >= 11 is 0. The quantitative estimate of drug-likeness (QED) is 0.0118. The van der Waals surface area contributed by atoms with Gasteiger partial charge in [-0.3, -0.25) is 76.7 Å². The minimum absolute atomic E-state index is 0.0214. The Bertz CT molecular complexity index is 3340. The Balaban J connectivity index is -0.000000143. The first-order valence-electron chi connectivity index (χ1n) is 49.5. The summed E-state index contributed by atoms with van der Waals surface area (Å²) in [6.45, 7) is 67.0. The molecule has 6 atom stereocenters. The van der Waals surface area contributed by atoms with Crippen LogP contribution in [0.15, 0.2) is 0 Å². The molecular formula is C102H202F3N11O22. The number of primary amides is 2. The number of esters is 3. The number of ketones is 1. The Morgan fingerprint density at radius 3 is 1.12 bits per heavy atom. The van der Waals surface area contributed by atoms with Crippen molar-refractivity contribution in [2.75, 3.05) is 109 Å². The number of amides is 10. The van der Waals surface area contributed by atoms with Gasteiger partial charge in [-0.05, 0) is 171 Å².